The fourth-order valence-corrected chi connectivity index (χ4v) is 1.36. The lowest BCUT2D eigenvalue weighted by molar-refractivity contribution is 0.136. The first kappa shape index (κ1) is 16.4. The third kappa shape index (κ3) is 10.3. The second kappa shape index (κ2) is 11.9. The molecule has 0 bridgehead atoms. The molecule has 0 fully saturated rings. The Labute approximate surface area is 108 Å². The predicted molar refractivity (Wildman–Crippen MR) is 71.4 cm³/mol. The van der Waals surface area contributed by atoms with E-state index in [1.54, 1.807) is 4.90 Å². The van der Waals surface area contributed by atoms with Crippen LogP contribution in [-0.4, -0.2) is 59.7 Å². The molecule has 0 heterocycles. The van der Waals surface area contributed by atoms with Gasteiger partial charge in [-0.05, 0) is 12.1 Å². The van der Waals surface area contributed by atoms with Gasteiger partial charge in [-0.2, -0.15) is 0 Å². The Morgan fingerprint density at radius 2 is 1.24 bits per heavy atom. The third-order valence-electron chi connectivity index (χ3n) is 2.00. The molecule has 0 aromatic heterocycles. The third-order valence-corrected chi connectivity index (χ3v) is 2.30. The van der Waals surface area contributed by atoms with Crippen LogP contribution in [0.4, 0.5) is 0 Å². The molecule has 0 amide bonds. The van der Waals surface area contributed by atoms with Crippen LogP contribution in [-0.2, 0) is 0 Å². The number of nitrogens with zero attached hydrogens (tertiary/aromatic N) is 1. The van der Waals surface area contributed by atoms with E-state index in [0.29, 0.717) is 19.6 Å². The molecule has 0 aliphatic heterocycles. The van der Waals surface area contributed by atoms with Crippen LogP contribution in [0.3, 0.4) is 0 Å². The predicted octanol–water partition coefficient (Wildman–Crippen LogP) is 0.241. The van der Waals surface area contributed by atoms with E-state index in [2.05, 4.69) is 12.6 Å². The Hall–Kier alpha value is -0.590. The Balaban J connectivity index is 0.000000318. The van der Waals surface area contributed by atoms with Crippen LogP contribution in [0.25, 0.3) is 0 Å². The molecule has 1 aromatic rings. The SMILES string of the molecule is OCCN(CCO)CCO.Sc1ccccc1. The van der Waals surface area contributed by atoms with Gasteiger partial charge in [0.15, 0.2) is 0 Å². The molecule has 0 aliphatic carbocycles. The van der Waals surface area contributed by atoms with Crippen molar-refractivity contribution < 1.29 is 15.3 Å². The van der Waals surface area contributed by atoms with Gasteiger partial charge >= 0.3 is 0 Å². The van der Waals surface area contributed by atoms with Crippen LogP contribution < -0.4 is 0 Å². The highest BCUT2D eigenvalue weighted by Crippen LogP contribution is 2.00. The molecule has 0 saturated heterocycles. The Morgan fingerprint density at radius 1 is 0.824 bits per heavy atom. The average molecular weight is 259 g/mol. The minimum absolute atomic E-state index is 0.0694. The second-order valence-corrected chi connectivity index (χ2v) is 3.86. The number of thiol groups is 1. The van der Waals surface area contributed by atoms with E-state index in [0.717, 1.165) is 4.90 Å². The van der Waals surface area contributed by atoms with E-state index in [-0.39, 0.29) is 19.8 Å². The van der Waals surface area contributed by atoms with E-state index in [1.807, 2.05) is 30.3 Å². The molecule has 0 aliphatic rings. The van der Waals surface area contributed by atoms with Gasteiger partial charge in [-0.1, -0.05) is 18.2 Å². The van der Waals surface area contributed by atoms with Gasteiger partial charge in [-0.15, -0.1) is 12.6 Å². The number of hydrogen-bond donors (Lipinski definition) is 4. The van der Waals surface area contributed by atoms with Crippen LogP contribution in [0.5, 0.6) is 0 Å². The Bertz CT molecular complexity index is 245. The lowest BCUT2D eigenvalue weighted by Gasteiger charge is -2.17. The van der Waals surface area contributed by atoms with E-state index in [4.69, 9.17) is 15.3 Å². The Morgan fingerprint density at radius 3 is 1.47 bits per heavy atom. The number of hydrogen-bond acceptors (Lipinski definition) is 5. The quantitative estimate of drug-likeness (QED) is 0.553. The van der Waals surface area contributed by atoms with Gasteiger partial charge in [-0.25, -0.2) is 0 Å². The van der Waals surface area contributed by atoms with Gasteiger partial charge in [0.25, 0.3) is 0 Å². The van der Waals surface area contributed by atoms with Crippen molar-refractivity contribution in [2.24, 2.45) is 0 Å². The zero-order valence-electron chi connectivity index (χ0n) is 9.87. The maximum absolute atomic E-state index is 8.48. The monoisotopic (exact) mass is 259 g/mol. The van der Waals surface area contributed by atoms with Crippen molar-refractivity contribution in [2.75, 3.05) is 39.5 Å². The lowest BCUT2D eigenvalue weighted by atomic mass is 10.4. The summed E-state index contributed by atoms with van der Waals surface area (Å²) in [6, 6.07) is 9.79. The molecule has 0 radical (unpaired) electrons. The highest BCUT2D eigenvalue weighted by Gasteiger charge is 2.00. The second-order valence-electron chi connectivity index (χ2n) is 3.35. The summed E-state index contributed by atoms with van der Waals surface area (Å²) in [7, 11) is 0. The van der Waals surface area contributed by atoms with Crippen molar-refractivity contribution in [3.8, 4) is 0 Å². The van der Waals surface area contributed by atoms with Crippen molar-refractivity contribution >= 4 is 12.6 Å². The molecular formula is C12H21NO3S. The molecule has 0 unspecified atom stereocenters. The standard InChI is InChI=1S/C6H15NO3.C6H6S/c8-4-1-7(2-5-9)3-6-10;7-6-4-2-1-3-5-6/h8-10H,1-6H2;1-5,7H. The van der Waals surface area contributed by atoms with Gasteiger partial charge in [0, 0.05) is 24.5 Å². The molecular weight excluding hydrogens is 238 g/mol. The zero-order chi connectivity index (χ0) is 12.9. The van der Waals surface area contributed by atoms with Crippen LogP contribution in [0.1, 0.15) is 0 Å². The number of rotatable bonds is 6. The maximum Gasteiger partial charge on any atom is 0.0558 e. The molecule has 1 rings (SSSR count). The number of aliphatic hydroxyl groups is 3. The summed E-state index contributed by atoms with van der Waals surface area (Å²) in [6.07, 6.45) is 0. The smallest absolute Gasteiger partial charge is 0.0558 e. The van der Waals surface area contributed by atoms with E-state index >= 15 is 0 Å². The summed E-state index contributed by atoms with van der Waals surface area (Å²) in [5, 5.41) is 25.5. The highest BCUT2D eigenvalue weighted by atomic mass is 32.1. The fourth-order valence-electron chi connectivity index (χ4n) is 1.19. The van der Waals surface area contributed by atoms with Crippen molar-refractivity contribution in [2.45, 2.75) is 4.90 Å². The summed E-state index contributed by atoms with van der Waals surface area (Å²) >= 11 is 4.08. The van der Waals surface area contributed by atoms with Crippen molar-refractivity contribution in [1.82, 2.24) is 4.90 Å². The molecule has 0 atom stereocenters. The van der Waals surface area contributed by atoms with Gasteiger partial charge < -0.3 is 15.3 Å². The molecule has 1 aromatic carbocycles. The summed E-state index contributed by atoms with van der Waals surface area (Å²) in [5.74, 6) is 0. The first-order valence-corrected chi connectivity index (χ1v) is 5.98. The van der Waals surface area contributed by atoms with Gasteiger partial charge in [0.2, 0.25) is 0 Å². The summed E-state index contributed by atoms with van der Waals surface area (Å²) in [6.45, 7) is 1.75. The van der Waals surface area contributed by atoms with Gasteiger partial charge in [0.05, 0.1) is 19.8 Å². The van der Waals surface area contributed by atoms with E-state index in [1.165, 1.54) is 0 Å². The van der Waals surface area contributed by atoms with E-state index in [9.17, 15) is 0 Å². The average Bonchev–Trinajstić information content (AvgIpc) is 2.32. The number of benzene rings is 1. The molecule has 98 valence electrons. The summed E-state index contributed by atoms with van der Waals surface area (Å²) in [5.41, 5.74) is 0. The molecule has 17 heavy (non-hydrogen) atoms. The van der Waals surface area contributed by atoms with Gasteiger partial charge in [-0.3, -0.25) is 4.90 Å². The van der Waals surface area contributed by atoms with Crippen molar-refractivity contribution in [3.63, 3.8) is 0 Å². The minimum Gasteiger partial charge on any atom is -0.395 e. The Kier molecular flexibility index (Phi) is 11.5. The highest BCUT2D eigenvalue weighted by molar-refractivity contribution is 7.80. The normalized spacial score (nSPS) is 9.94. The van der Waals surface area contributed by atoms with Crippen LogP contribution >= 0.6 is 12.6 Å². The van der Waals surface area contributed by atoms with Crippen molar-refractivity contribution in [3.05, 3.63) is 30.3 Å². The zero-order valence-corrected chi connectivity index (χ0v) is 10.8. The molecule has 5 heteroatoms. The molecule has 4 nitrogen and oxygen atoms in total. The molecule has 0 spiro atoms. The van der Waals surface area contributed by atoms with Crippen molar-refractivity contribution in [1.29, 1.82) is 0 Å². The first-order valence-electron chi connectivity index (χ1n) is 5.53. The first-order chi connectivity index (χ1) is 8.24. The van der Waals surface area contributed by atoms with E-state index < -0.39 is 0 Å². The van der Waals surface area contributed by atoms with Crippen LogP contribution in [0.2, 0.25) is 0 Å². The fraction of sp³-hybridized carbons (Fsp3) is 0.500. The maximum atomic E-state index is 8.48. The summed E-state index contributed by atoms with van der Waals surface area (Å²) < 4.78 is 0. The van der Waals surface area contributed by atoms with Crippen LogP contribution in [0, 0.1) is 0 Å². The summed E-state index contributed by atoms with van der Waals surface area (Å²) in [4.78, 5) is 2.81. The number of aliphatic hydroxyl groups excluding tert-OH is 3. The molecule has 3 N–H and O–H groups in total. The lowest BCUT2D eigenvalue weighted by Crippen LogP contribution is -2.32. The van der Waals surface area contributed by atoms with Gasteiger partial charge in [0.1, 0.15) is 0 Å². The largest absolute Gasteiger partial charge is 0.395 e. The topological polar surface area (TPSA) is 63.9 Å². The minimum atomic E-state index is 0.0694. The molecule has 0 saturated carbocycles. The van der Waals surface area contributed by atoms with Crippen LogP contribution in [0.15, 0.2) is 35.2 Å².